The van der Waals surface area contributed by atoms with Crippen molar-refractivity contribution in [1.29, 1.82) is 0 Å². The Labute approximate surface area is 243 Å². The Morgan fingerprint density at radius 1 is 1.00 bits per heavy atom. The van der Waals surface area contributed by atoms with Crippen molar-refractivity contribution in [3.63, 3.8) is 0 Å². The normalized spacial score (nSPS) is 23.4. The van der Waals surface area contributed by atoms with E-state index in [1.807, 2.05) is 57.2 Å². The Kier molecular flexibility index (Phi) is 9.22. The van der Waals surface area contributed by atoms with E-state index >= 15 is 0 Å². The van der Waals surface area contributed by atoms with E-state index in [9.17, 15) is 9.90 Å². The largest absolute Gasteiger partial charge is 0.459 e. The second kappa shape index (κ2) is 12.8. The molecular weight excluding hydrogens is 516 g/mol. The molecule has 7 nitrogen and oxygen atoms in total. The maximum atomic E-state index is 13.0. The molecule has 41 heavy (non-hydrogen) atoms. The van der Waals surface area contributed by atoms with Gasteiger partial charge in [0.15, 0.2) is 6.29 Å². The molecule has 0 saturated carbocycles. The van der Waals surface area contributed by atoms with E-state index in [-0.39, 0.29) is 30.8 Å². The summed E-state index contributed by atoms with van der Waals surface area (Å²) in [7, 11) is 0. The van der Waals surface area contributed by atoms with Crippen LogP contribution in [0.2, 0.25) is 0 Å². The predicted molar refractivity (Wildman–Crippen MR) is 159 cm³/mol. The van der Waals surface area contributed by atoms with Gasteiger partial charge in [-0.3, -0.25) is 9.69 Å². The van der Waals surface area contributed by atoms with Crippen LogP contribution in [0.15, 0.2) is 72.8 Å². The number of rotatable bonds is 8. The minimum absolute atomic E-state index is 0.000806. The van der Waals surface area contributed by atoms with Gasteiger partial charge in [0.25, 0.3) is 0 Å². The number of benzene rings is 3. The van der Waals surface area contributed by atoms with Crippen LogP contribution < -0.4 is 5.73 Å². The lowest BCUT2D eigenvalue weighted by Crippen LogP contribution is -2.45. The summed E-state index contributed by atoms with van der Waals surface area (Å²) in [6.45, 7) is 7.65. The Balaban J connectivity index is 1.37. The third kappa shape index (κ3) is 7.23. The first-order valence-corrected chi connectivity index (χ1v) is 14.6. The zero-order chi connectivity index (χ0) is 29.0. The van der Waals surface area contributed by atoms with Gasteiger partial charge in [-0.15, -0.1) is 0 Å². The summed E-state index contributed by atoms with van der Waals surface area (Å²) < 4.78 is 18.9. The van der Waals surface area contributed by atoms with Crippen molar-refractivity contribution in [3.8, 4) is 11.1 Å². The molecule has 0 aliphatic carbocycles. The first-order chi connectivity index (χ1) is 19.7. The van der Waals surface area contributed by atoms with Gasteiger partial charge in [0, 0.05) is 25.1 Å². The molecule has 2 saturated heterocycles. The molecule has 3 N–H and O–H groups in total. The molecule has 5 rings (SSSR count). The molecule has 0 amide bonds. The highest BCUT2D eigenvalue weighted by Gasteiger charge is 2.38. The summed E-state index contributed by atoms with van der Waals surface area (Å²) in [5, 5.41) is 9.51. The number of nitrogens with zero attached hydrogens (tertiary/aromatic N) is 1. The average molecular weight is 559 g/mol. The number of nitrogens with two attached hydrogens (primary N) is 1. The number of aliphatic hydroxyl groups is 1. The molecule has 2 fully saturated rings. The second-order valence-corrected chi connectivity index (χ2v) is 12.0. The van der Waals surface area contributed by atoms with Gasteiger partial charge in [0.1, 0.15) is 11.6 Å². The van der Waals surface area contributed by atoms with Crippen molar-refractivity contribution in [2.45, 2.75) is 83.3 Å². The van der Waals surface area contributed by atoms with Crippen LogP contribution in [-0.4, -0.2) is 46.8 Å². The van der Waals surface area contributed by atoms with Crippen LogP contribution in [0.5, 0.6) is 0 Å². The topological polar surface area (TPSA) is 94.2 Å². The standard InChI is InChI=1S/C34H42N2O5/c1-34(2,3)41-32(38)30-9-6-18-36(30)21-28-19-31(25-12-10-23(22-37)11-13-25)40-33(39-28)26-16-14-24(15-17-26)29-8-5-4-7-27(29)20-35/h4-5,7-8,10-17,28,30-31,33,37H,6,9,18-22,35H2,1-3H3/t28-,30-,31+,33+/m0/s1. The quantitative estimate of drug-likeness (QED) is 0.345. The van der Waals surface area contributed by atoms with E-state index in [1.54, 1.807) is 0 Å². The number of carbonyl (C=O) groups is 1. The summed E-state index contributed by atoms with van der Waals surface area (Å²) in [4.78, 5) is 15.2. The summed E-state index contributed by atoms with van der Waals surface area (Å²) in [5.74, 6) is -0.164. The van der Waals surface area contributed by atoms with Crippen molar-refractivity contribution in [3.05, 3.63) is 95.1 Å². The molecule has 0 spiro atoms. The van der Waals surface area contributed by atoms with Crippen molar-refractivity contribution >= 4 is 5.97 Å². The SMILES string of the molecule is CC(C)(C)OC(=O)[C@@H]1CCCN1C[C@@H]1C[C@H](c2ccc(CO)cc2)O[C@H](c2ccc(-c3ccccc3CN)cc2)O1. The molecule has 4 atom stereocenters. The molecule has 2 heterocycles. The van der Waals surface area contributed by atoms with Crippen molar-refractivity contribution in [2.75, 3.05) is 13.1 Å². The van der Waals surface area contributed by atoms with Gasteiger partial charge in [0.2, 0.25) is 0 Å². The van der Waals surface area contributed by atoms with Crippen LogP contribution in [0.25, 0.3) is 11.1 Å². The molecule has 3 aromatic carbocycles. The Bertz CT molecular complexity index is 1300. The fourth-order valence-corrected chi connectivity index (χ4v) is 5.78. The second-order valence-electron chi connectivity index (χ2n) is 12.0. The Morgan fingerprint density at radius 2 is 1.71 bits per heavy atom. The summed E-state index contributed by atoms with van der Waals surface area (Å²) in [5.41, 5.74) is 11.6. The van der Waals surface area contributed by atoms with Gasteiger partial charge in [-0.05, 0) is 68.0 Å². The molecular formula is C34H42N2O5. The highest BCUT2D eigenvalue weighted by molar-refractivity contribution is 5.76. The fraction of sp³-hybridized carbons (Fsp3) is 0.441. The predicted octanol–water partition coefficient (Wildman–Crippen LogP) is 5.66. The van der Waals surface area contributed by atoms with Gasteiger partial charge in [-0.25, -0.2) is 0 Å². The number of esters is 1. The van der Waals surface area contributed by atoms with Gasteiger partial charge in [-0.1, -0.05) is 72.8 Å². The molecule has 2 aliphatic rings. The third-order valence-corrected chi connectivity index (χ3v) is 7.83. The number of hydrogen-bond donors (Lipinski definition) is 2. The third-order valence-electron chi connectivity index (χ3n) is 7.83. The zero-order valence-electron chi connectivity index (χ0n) is 24.3. The van der Waals surface area contributed by atoms with E-state index in [0.29, 0.717) is 19.5 Å². The lowest BCUT2D eigenvalue weighted by Gasteiger charge is -2.38. The van der Waals surface area contributed by atoms with E-state index in [2.05, 4.69) is 41.3 Å². The van der Waals surface area contributed by atoms with Crippen molar-refractivity contribution < 1.29 is 24.1 Å². The molecule has 2 aliphatic heterocycles. The summed E-state index contributed by atoms with van der Waals surface area (Å²) in [6, 6.07) is 24.1. The lowest BCUT2D eigenvalue weighted by molar-refractivity contribution is -0.253. The number of likely N-dealkylation sites (tertiary alicyclic amines) is 1. The smallest absolute Gasteiger partial charge is 0.323 e. The van der Waals surface area contributed by atoms with Crippen LogP contribution in [-0.2, 0) is 32.2 Å². The van der Waals surface area contributed by atoms with Crippen LogP contribution >= 0.6 is 0 Å². The maximum absolute atomic E-state index is 13.0. The van der Waals surface area contributed by atoms with Gasteiger partial charge < -0.3 is 25.1 Å². The van der Waals surface area contributed by atoms with Gasteiger partial charge >= 0.3 is 5.97 Å². The van der Waals surface area contributed by atoms with E-state index in [0.717, 1.165) is 52.8 Å². The zero-order valence-corrected chi connectivity index (χ0v) is 24.3. The monoisotopic (exact) mass is 558 g/mol. The number of carbonyl (C=O) groups excluding carboxylic acids is 1. The number of aliphatic hydroxyl groups excluding tert-OH is 1. The molecule has 0 aromatic heterocycles. The van der Waals surface area contributed by atoms with E-state index in [4.69, 9.17) is 19.9 Å². The Morgan fingerprint density at radius 3 is 2.39 bits per heavy atom. The highest BCUT2D eigenvalue weighted by Crippen LogP contribution is 2.39. The molecule has 0 bridgehead atoms. The summed E-state index contributed by atoms with van der Waals surface area (Å²) >= 11 is 0. The first-order valence-electron chi connectivity index (χ1n) is 14.6. The minimum atomic E-state index is -0.558. The Hall–Kier alpha value is -3.07. The molecule has 3 aromatic rings. The van der Waals surface area contributed by atoms with Crippen molar-refractivity contribution in [1.82, 2.24) is 4.90 Å². The highest BCUT2D eigenvalue weighted by atomic mass is 16.7. The maximum Gasteiger partial charge on any atom is 0.323 e. The van der Waals surface area contributed by atoms with Gasteiger partial charge in [-0.2, -0.15) is 0 Å². The van der Waals surface area contributed by atoms with Crippen LogP contribution in [0.3, 0.4) is 0 Å². The minimum Gasteiger partial charge on any atom is -0.459 e. The number of ether oxygens (including phenoxy) is 3. The fourth-order valence-electron chi connectivity index (χ4n) is 5.78. The van der Waals surface area contributed by atoms with Crippen LogP contribution in [0.1, 0.15) is 74.7 Å². The molecule has 0 radical (unpaired) electrons. The van der Waals surface area contributed by atoms with Crippen molar-refractivity contribution in [2.24, 2.45) is 5.73 Å². The van der Waals surface area contributed by atoms with Crippen LogP contribution in [0.4, 0.5) is 0 Å². The van der Waals surface area contributed by atoms with E-state index < -0.39 is 11.9 Å². The summed E-state index contributed by atoms with van der Waals surface area (Å²) in [6.07, 6.45) is 1.52. The average Bonchev–Trinajstić information content (AvgIpc) is 3.44. The van der Waals surface area contributed by atoms with Crippen LogP contribution in [0, 0.1) is 0 Å². The van der Waals surface area contributed by atoms with E-state index in [1.165, 1.54) is 0 Å². The van der Waals surface area contributed by atoms with Gasteiger partial charge in [0.05, 0.1) is 18.8 Å². The molecule has 218 valence electrons. The molecule has 7 heteroatoms. The first kappa shape index (κ1) is 29.4. The number of hydrogen-bond acceptors (Lipinski definition) is 7. The lowest BCUT2D eigenvalue weighted by atomic mass is 9.97. The molecule has 0 unspecified atom stereocenters.